The van der Waals surface area contributed by atoms with Gasteiger partial charge in [-0.3, -0.25) is 9.59 Å². The van der Waals surface area contributed by atoms with Crippen LogP contribution in [0.4, 0.5) is 5.69 Å². The lowest BCUT2D eigenvalue weighted by Gasteiger charge is -2.42. The van der Waals surface area contributed by atoms with Crippen LogP contribution >= 0.6 is 15.9 Å². The molecule has 7 nitrogen and oxygen atoms in total. The van der Waals surface area contributed by atoms with Crippen molar-refractivity contribution in [2.24, 2.45) is 11.8 Å². The van der Waals surface area contributed by atoms with Crippen LogP contribution in [0.2, 0.25) is 0 Å². The van der Waals surface area contributed by atoms with Crippen LogP contribution < -0.4 is 10.5 Å². The van der Waals surface area contributed by atoms with Gasteiger partial charge in [-0.1, -0.05) is 22.0 Å². The molecule has 1 saturated heterocycles. The number of hydrogen-bond donors (Lipinski definition) is 0. The second kappa shape index (κ2) is 7.27. The number of halogens is 1. The molecule has 2 bridgehead atoms. The lowest BCUT2D eigenvalue weighted by atomic mass is 9.84. The Morgan fingerprint density at radius 2 is 1.91 bits per heavy atom. The Morgan fingerprint density at radius 3 is 2.69 bits per heavy atom. The maximum Gasteiger partial charge on any atom is 0.250 e. The highest BCUT2D eigenvalue weighted by Crippen LogP contribution is 2.44. The van der Waals surface area contributed by atoms with Crippen LogP contribution in [0.3, 0.4) is 0 Å². The number of nitrogens with zero attached hydrogens (tertiary/aromatic N) is 3. The predicted octanol–water partition coefficient (Wildman–Crippen LogP) is 2.72. The molecule has 1 amide bonds. The lowest BCUT2D eigenvalue weighted by Crippen LogP contribution is -2.49. The molecule has 6 rings (SSSR count). The molecule has 9 heteroatoms. The van der Waals surface area contributed by atoms with Gasteiger partial charge >= 0.3 is 0 Å². The molecule has 2 aromatic rings. The number of carbonyl (C=O) groups is 1. The SMILES string of the molecule is O=C(C1CC1)N1CCc2cc(Br)cc(S(=O)(=O)N3CC4CC(C3)c3cccc(=O)n3C4)c21. The van der Waals surface area contributed by atoms with Gasteiger partial charge in [0.2, 0.25) is 15.9 Å². The van der Waals surface area contributed by atoms with Crippen molar-refractivity contribution >= 4 is 37.5 Å². The van der Waals surface area contributed by atoms with Gasteiger partial charge < -0.3 is 9.47 Å². The molecule has 0 N–H and O–H groups in total. The number of amides is 1. The Bertz CT molecular complexity index is 1300. The molecule has 168 valence electrons. The summed E-state index contributed by atoms with van der Waals surface area (Å²) in [5, 5.41) is 0. The van der Waals surface area contributed by atoms with Crippen molar-refractivity contribution in [1.82, 2.24) is 8.87 Å². The maximum atomic E-state index is 14.0. The van der Waals surface area contributed by atoms with Gasteiger partial charge in [-0.15, -0.1) is 0 Å². The smallest absolute Gasteiger partial charge is 0.250 e. The molecule has 32 heavy (non-hydrogen) atoms. The first-order valence-corrected chi connectivity index (χ1v) is 13.4. The molecular formula is C23H24BrN3O4S. The first-order chi connectivity index (χ1) is 15.3. The number of sulfonamides is 1. The van der Waals surface area contributed by atoms with Gasteiger partial charge in [0, 0.05) is 54.2 Å². The van der Waals surface area contributed by atoms with Gasteiger partial charge in [0.1, 0.15) is 4.90 Å². The first kappa shape index (κ1) is 20.6. The minimum absolute atomic E-state index is 0.00410. The minimum Gasteiger partial charge on any atom is -0.312 e. The van der Waals surface area contributed by atoms with E-state index < -0.39 is 10.0 Å². The monoisotopic (exact) mass is 517 g/mol. The van der Waals surface area contributed by atoms with E-state index in [1.807, 2.05) is 12.1 Å². The predicted molar refractivity (Wildman–Crippen MR) is 123 cm³/mol. The number of aromatic nitrogens is 1. The van der Waals surface area contributed by atoms with Crippen LogP contribution in [0.1, 0.15) is 36.4 Å². The molecule has 0 radical (unpaired) electrons. The Balaban J connectivity index is 1.40. The van der Waals surface area contributed by atoms with Crippen LogP contribution in [0, 0.1) is 11.8 Å². The number of fused-ring (bicyclic) bond motifs is 5. The molecule has 1 saturated carbocycles. The third kappa shape index (κ3) is 3.20. The fourth-order valence-corrected chi connectivity index (χ4v) is 8.10. The lowest BCUT2D eigenvalue weighted by molar-refractivity contribution is -0.119. The summed E-state index contributed by atoms with van der Waals surface area (Å²) in [6, 6.07) is 8.84. The summed E-state index contributed by atoms with van der Waals surface area (Å²) < 4.78 is 32.0. The quantitative estimate of drug-likeness (QED) is 0.626. The summed E-state index contributed by atoms with van der Waals surface area (Å²) in [6.45, 7) is 1.81. The largest absolute Gasteiger partial charge is 0.312 e. The van der Waals surface area contributed by atoms with Crippen molar-refractivity contribution < 1.29 is 13.2 Å². The van der Waals surface area contributed by atoms with E-state index in [-0.39, 0.29) is 34.1 Å². The van der Waals surface area contributed by atoms with E-state index in [9.17, 15) is 18.0 Å². The fraction of sp³-hybridized carbons (Fsp3) is 0.478. The van der Waals surface area contributed by atoms with Crippen molar-refractivity contribution in [2.75, 3.05) is 24.5 Å². The van der Waals surface area contributed by atoms with Crippen LogP contribution in [0.5, 0.6) is 0 Å². The van der Waals surface area contributed by atoms with Crippen molar-refractivity contribution in [3.63, 3.8) is 0 Å². The fourth-order valence-electron chi connectivity index (χ4n) is 5.62. The van der Waals surface area contributed by atoms with E-state index in [1.165, 1.54) is 0 Å². The molecule has 4 heterocycles. The van der Waals surface area contributed by atoms with E-state index in [0.717, 1.165) is 30.5 Å². The molecule has 1 aromatic heterocycles. The van der Waals surface area contributed by atoms with Crippen LogP contribution in [-0.2, 0) is 27.8 Å². The zero-order valence-corrected chi connectivity index (χ0v) is 19.9. The normalized spacial score (nSPS) is 24.8. The van der Waals surface area contributed by atoms with E-state index in [4.69, 9.17) is 0 Å². The van der Waals surface area contributed by atoms with Crippen LogP contribution in [0.15, 0.2) is 44.5 Å². The highest BCUT2D eigenvalue weighted by Gasteiger charge is 2.43. The van der Waals surface area contributed by atoms with Gasteiger partial charge in [-0.2, -0.15) is 4.31 Å². The summed E-state index contributed by atoms with van der Waals surface area (Å²) in [4.78, 5) is 27.1. The molecule has 1 aliphatic carbocycles. The highest BCUT2D eigenvalue weighted by molar-refractivity contribution is 9.10. The molecule has 4 aliphatic rings. The standard InChI is InChI=1S/C23H24BrN3O4S/c24-18-9-16-6-7-26(23(29)15-4-5-15)22(16)20(10-18)32(30,31)25-11-14-8-17(13-25)19-2-1-3-21(28)27(19)12-14/h1-3,9-10,14-15,17H,4-8,11-13H2. The second-order valence-corrected chi connectivity index (χ2v) is 12.3. The van der Waals surface area contributed by atoms with Crippen molar-refractivity contribution in [3.05, 3.63) is 56.4 Å². The van der Waals surface area contributed by atoms with E-state index in [0.29, 0.717) is 42.8 Å². The molecule has 0 spiro atoms. The van der Waals surface area contributed by atoms with E-state index >= 15 is 0 Å². The average molecular weight is 518 g/mol. The third-order valence-electron chi connectivity index (χ3n) is 7.25. The molecular weight excluding hydrogens is 494 g/mol. The van der Waals surface area contributed by atoms with E-state index in [2.05, 4.69) is 15.9 Å². The summed E-state index contributed by atoms with van der Waals surface area (Å²) in [7, 11) is -3.81. The summed E-state index contributed by atoms with van der Waals surface area (Å²) in [6.07, 6.45) is 3.32. The van der Waals surface area contributed by atoms with Crippen molar-refractivity contribution in [1.29, 1.82) is 0 Å². The number of hydrogen-bond acceptors (Lipinski definition) is 4. The molecule has 2 unspecified atom stereocenters. The Kier molecular flexibility index (Phi) is 4.68. The number of carbonyl (C=O) groups excluding carboxylic acids is 1. The summed E-state index contributed by atoms with van der Waals surface area (Å²) in [5.74, 6) is 0.173. The van der Waals surface area contributed by atoms with Gasteiger partial charge in [-0.25, -0.2) is 8.42 Å². The van der Waals surface area contributed by atoms with E-state index in [1.54, 1.807) is 32.0 Å². The third-order valence-corrected chi connectivity index (χ3v) is 9.55. The zero-order chi connectivity index (χ0) is 22.2. The van der Waals surface area contributed by atoms with Crippen molar-refractivity contribution in [2.45, 2.75) is 43.0 Å². The Labute approximate surface area is 195 Å². The number of piperidine rings is 1. The van der Waals surface area contributed by atoms with Gasteiger partial charge in [0.15, 0.2) is 0 Å². The Morgan fingerprint density at radius 1 is 1.09 bits per heavy atom. The molecule has 2 atom stereocenters. The van der Waals surface area contributed by atoms with Gasteiger partial charge in [0.25, 0.3) is 5.56 Å². The molecule has 1 aromatic carbocycles. The minimum atomic E-state index is -3.81. The summed E-state index contributed by atoms with van der Waals surface area (Å²) in [5.41, 5.74) is 2.37. The number of benzene rings is 1. The zero-order valence-electron chi connectivity index (χ0n) is 17.5. The van der Waals surface area contributed by atoms with Crippen molar-refractivity contribution in [3.8, 4) is 0 Å². The maximum absolute atomic E-state index is 14.0. The van der Waals surface area contributed by atoms with Gasteiger partial charge in [-0.05, 0) is 55.4 Å². The summed E-state index contributed by atoms with van der Waals surface area (Å²) >= 11 is 3.48. The number of rotatable bonds is 3. The van der Waals surface area contributed by atoms with Crippen LogP contribution in [0.25, 0.3) is 0 Å². The van der Waals surface area contributed by atoms with Gasteiger partial charge in [0.05, 0.1) is 5.69 Å². The molecule has 3 aliphatic heterocycles. The molecule has 2 fully saturated rings. The number of anilines is 1. The Hall–Kier alpha value is -1.97. The van der Waals surface area contributed by atoms with Crippen LogP contribution in [-0.4, -0.2) is 42.8 Å². The average Bonchev–Trinajstić information content (AvgIpc) is 3.53. The topological polar surface area (TPSA) is 79.7 Å². The second-order valence-electron chi connectivity index (χ2n) is 9.45. The highest BCUT2D eigenvalue weighted by atomic mass is 79.9. The number of pyridine rings is 1. The first-order valence-electron chi connectivity index (χ1n) is 11.2.